The van der Waals surface area contributed by atoms with Gasteiger partial charge >= 0.3 is 0 Å². The number of amides is 2. The summed E-state index contributed by atoms with van der Waals surface area (Å²) in [4.78, 5) is 25.4. The van der Waals surface area contributed by atoms with Crippen molar-refractivity contribution in [2.45, 2.75) is 5.09 Å². The van der Waals surface area contributed by atoms with Gasteiger partial charge in [0.1, 0.15) is 0 Å². The first-order valence-electron chi connectivity index (χ1n) is 6.89. The van der Waals surface area contributed by atoms with E-state index in [-0.39, 0.29) is 33.1 Å². The molecule has 0 fully saturated rings. The first kappa shape index (κ1) is 19.3. The van der Waals surface area contributed by atoms with E-state index in [4.69, 9.17) is 27.6 Å². The summed E-state index contributed by atoms with van der Waals surface area (Å²) in [7, 11) is -2.19. The second kappa shape index (κ2) is 7.47. The molecule has 25 heavy (non-hydrogen) atoms. The zero-order chi connectivity index (χ0) is 18.8. The number of anilines is 1. The molecule has 0 aliphatic heterocycles. The minimum atomic E-state index is -3.56. The molecule has 1 aromatic carbocycles. The molecule has 0 bridgehead atoms. The molecule has 2 aromatic rings. The third-order valence-electron chi connectivity index (χ3n) is 3.11. The third-order valence-corrected chi connectivity index (χ3v) is 4.69. The summed E-state index contributed by atoms with van der Waals surface area (Å²) in [5.41, 5.74) is 0.244. The maximum absolute atomic E-state index is 12.2. The molecule has 134 valence electrons. The van der Waals surface area contributed by atoms with Crippen LogP contribution in [0.3, 0.4) is 0 Å². The molecule has 0 aliphatic rings. The number of hydrogen-bond acceptors (Lipinski definition) is 5. The Labute approximate surface area is 154 Å². The van der Waals surface area contributed by atoms with Gasteiger partial charge in [0.25, 0.3) is 5.91 Å². The Morgan fingerprint density at radius 3 is 2.28 bits per heavy atom. The molecule has 0 saturated carbocycles. The summed E-state index contributed by atoms with van der Waals surface area (Å²) in [5.74, 6) is -1.36. The van der Waals surface area contributed by atoms with Crippen LogP contribution in [0.2, 0.25) is 10.0 Å². The van der Waals surface area contributed by atoms with E-state index in [1.807, 2.05) is 0 Å². The van der Waals surface area contributed by atoms with Crippen LogP contribution in [0.1, 0.15) is 10.6 Å². The van der Waals surface area contributed by atoms with Gasteiger partial charge in [0.05, 0.1) is 22.3 Å². The second-order valence-corrected chi connectivity index (χ2v) is 7.96. The summed E-state index contributed by atoms with van der Waals surface area (Å²) in [6.45, 7) is -0.310. The van der Waals surface area contributed by atoms with Crippen LogP contribution in [0, 0.1) is 0 Å². The Bertz CT molecular complexity index is 904. The van der Waals surface area contributed by atoms with Crippen LogP contribution in [0.4, 0.5) is 5.69 Å². The molecule has 0 spiro atoms. The first-order valence-corrected chi connectivity index (χ1v) is 9.53. The van der Waals surface area contributed by atoms with Gasteiger partial charge in [-0.25, -0.2) is 8.42 Å². The van der Waals surface area contributed by atoms with E-state index in [1.165, 1.54) is 19.2 Å². The van der Waals surface area contributed by atoms with Gasteiger partial charge in [-0.15, -0.1) is 0 Å². The fourth-order valence-corrected chi connectivity index (χ4v) is 2.95. The number of carbonyl (C=O) groups excluding carboxylic acids is 2. The van der Waals surface area contributed by atoms with Crippen molar-refractivity contribution in [2.24, 2.45) is 0 Å². The summed E-state index contributed by atoms with van der Waals surface area (Å²) in [6, 6.07) is 7.17. The van der Waals surface area contributed by atoms with Gasteiger partial charge in [0.15, 0.2) is 5.76 Å². The molecule has 7 nitrogen and oxygen atoms in total. The van der Waals surface area contributed by atoms with Crippen LogP contribution >= 0.6 is 23.2 Å². The van der Waals surface area contributed by atoms with Crippen molar-refractivity contribution in [1.29, 1.82) is 0 Å². The summed E-state index contributed by atoms with van der Waals surface area (Å²) in [5, 5.41) is 2.72. The number of benzene rings is 1. The van der Waals surface area contributed by atoms with Crippen LogP contribution in [-0.4, -0.2) is 45.0 Å². The van der Waals surface area contributed by atoms with Crippen LogP contribution in [0.15, 0.2) is 39.8 Å². The number of nitrogens with one attached hydrogen (secondary N) is 1. The number of carbonyl (C=O) groups is 2. The van der Waals surface area contributed by atoms with Gasteiger partial charge in [-0.1, -0.05) is 29.3 Å². The molecule has 1 N–H and O–H groups in total. The standard InChI is InChI=1S/C15H14Cl2N2O5S/c1-19(15(21)11-6-7-13(24-11)25(2,22)23)8-12(20)18-14-9(16)4-3-5-10(14)17/h3-7H,8H2,1-2H3,(H,18,20). The highest BCUT2D eigenvalue weighted by molar-refractivity contribution is 7.90. The Morgan fingerprint density at radius 1 is 1.16 bits per heavy atom. The number of halogens is 2. The molecule has 0 saturated heterocycles. The van der Waals surface area contributed by atoms with Gasteiger partial charge < -0.3 is 14.6 Å². The van der Waals surface area contributed by atoms with E-state index < -0.39 is 21.7 Å². The third kappa shape index (κ3) is 4.75. The van der Waals surface area contributed by atoms with E-state index in [2.05, 4.69) is 5.32 Å². The molecule has 0 aliphatic carbocycles. The second-order valence-electron chi connectivity index (χ2n) is 5.20. The van der Waals surface area contributed by atoms with Gasteiger partial charge in [-0.05, 0) is 24.3 Å². The van der Waals surface area contributed by atoms with Gasteiger partial charge in [0, 0.05) is 13.3 Å². The molecule has 2 amide bonds. The number of hydrogen-bond donors (Lipinski definition) is 1. The van der Waals surface area contributed by atoms with Crippen LogP contribution in [0.25, 0.3) is 0 Å². The van der Waals surface area contributed by atoms with Crippen LogP contribution < -0.4 is 5.32 Å². The molecule has 2 rings (SSSR count). The minimum Gasteiger partial charge on any atom is -0.440 e. The quantitative estimate of drug-likeness (QED) is 0.825. The molecule has 0 radical (unpaired) electrons. The van der Waals surface area contributed by atoms with Crippen LogP contribution in [0.5, 0.6) is 0 Å². The number of furan rings is 1. The number of likely N-dealkylation sites (N-methyl/N-ethyl adjacent to an activating group) is 1. The predicted octanol–water partition coefficient (Wildman–Crippen LogP) is 2.70. The fourth-order valence-electron chi connectivity index (χ4n) is 1.91. The SMILES string of the molecule is CN(CC(=O)Nc1c(Cl)cccc1Cl)C(=O)c1ccc(S(C)(=O)=O)o1. The monoisotopic (exact) mass is 404 g/mol. The average molecular weight is 405 g/mol. The Morgan fingerprint density at radius 2 is 1.76 bits per heavy atom. The van der Waals surface area contributed by atoms with Gasteiger partial charge in [-0.3, -0.25) is 9.59 Å². The smallest absolute Gasteiger partial charge is 0.289 e. The van der Waals surface area contributed by atoms with E-state index in [0.717, 1.165) is 11.2 Å². The normalized spacial score (nSPS) is 11.2. The van der Waals surface area contributed by atoms with E-state index in [1.54, 1.807) is 18.2 Å². The van der Waals surface area contributed by atoms with Crippen molar-refractivity contribution < 1.29 is 22.4 Å². The van der Waals surface area contributed by atoms with Crippen molar-refractivity contribution in [3.05, 3.63) is 46.1 Å². The van der Waals surface area contributed by atoms with Crippen molar-refractivity contribution >= 4 is 50.5 Å². The topological polar surface area (TPSA) is 96.7 Å². The maximum Gasteiger partial charge on any atom is 0.289 e. The predicted molar refractivity (Wildman–Crippen MR) is 93.9 cm³/mol. The number of rotatable bonds is 5. The zero-order valence-electron chi connectivity index (χ0n) is 13.2. The summed E-state index contributed by atoms with van der Waals surface area (Å²) < 4.78 is 27.8. The highest BCUT2D eigenvalue weighted by atomic mass is 35.5. The minimum absolute atomic E-state index is 0.188. The Hall–Kier alpha value is -2.03. The lowest BCUT2D eigenvalue weighted by molar-refractivity contribution is -0.116. The molecular formula is C15H14Cl2N2O5S. The average Bonchev–Trinajstić information content (AvgIpc) is 3.00. The molecule has 1 heterocycles. The molecule has 10 heteroatoms. The largest absolute Gasteiger partial charge is 0.440 e. The lowest BCUT2D eigenvalue weighted by atomic mass is 10.3. The van der Waals surface area contributed by atoms with Gasteiger partial charge in [0.2, 0.25) is 20.8 Å². The molecule has 0 unspecified atom stereocenters. The molecule has 1 aromatic heterocycles. The first-order chi connectivity index (χ1) is 11.6. The van der Waals surface area contributed by atoms with Crippen molar-refractivity contribution in [3.8, 4) is 0 Å². The number of para-hydroxylation sites is 1. The van der Waals surface area contributed by atoms with E-state index >= 15 is 0 Å². The lowest BCUT2D eigenvalue weighted by Crippen LogP contribution is -2.34. The van der Waals surface area contributed by atoms with E-state index in [0.29, 0.717) is 0 Å². The number of sulfone groups is 1. The molecule has 0 atom stereocenters. The highest BCUT2D eigenvalue weighted by Crippen LogP contribution is 2.29. The van der Waals surface area contributed by atoms with Gasteiger partial charge in [-0.2, -0.15) is 0 Å². The lowest BCUT2D eigenvalue weighted by Gasteiger charge is -2.16. The summed E-state index contributed by atoms with van der Waals surface area (Å²) >= 11 is 11.9. The number of nitrogens with zero attached hydrogens (tertiary/aromatic N) is 1. The molecular weight excluding hydrogens is 391 g/mol. The zero-order valence-corrected chi connectivity index (χ0v) is 15.6. The summed E-state index contributed by atoms with van der Waals surface area (Å²) in [6.07, 6.45) is 0.963. The van der Waals surface area contributed by atoms with E-state index in [9.17, 15) is 18.0 Å². The Kier molecular flexibility index (Phi) is 5.76. The highest BCUT2D eigenvalue weighted by Gasteiger charge is 2.21. The Balaban J connectivity index is 2.06. The van der Waals surface area contributed by atoms with Crippen molar-refractivity contribution in [2.75, 3.05) is 25.2 Å². The van der Waals surface area contributed by atoms with Crippen molar-refractivity contribution in [3.63, 3.8) is 0 Å². The fraction of sp³-hybridized carbons (Fsp3) is 0.200. The van der Waals surface area contributed by atoms with Crippen LogP contribution in [-0.2, 0) is 14.6 Å². The van der Waals surface area contributed by atoms with Crippen molar-refractivity contribution in [1.82, 2.24) is 4.90 Å². The maximum atomic E-state index is 12.2.